The molecule has 0 spiro atoms. The van der Waals surface area contributed by atoms with E-state index in [0.29, 0.717) is 0 Å². The number of nitrogens with zero attached hydrogens (tertiary/aromatic N) is 2. The molecule has 2 heterocycles. The fourth-order valence-corrected chi connectivity index (χ4v) is 8.77. The molecule has 10 aromatic rings. The van der Waals surface area contributed by atoms with Crippen LogP contribution < -0.4 is 0 Å². The van der Waals surface area contributed by atoms with E-state index in [2.05, 4.69) is 191 Å². The van der Waals surface area contributed by atoms with Crippen LogP contribution in [0.4, 0.5) is 0 Å². The highest BCUT2D eigenvalue weighted by Crippen LogP contribution is 2.41. The summed E-state index contributed by atoms with van der Waals surface area (Å²) >= 11 is 0. The Labute approximate surface area is 302 Å². The van der Waals surface area contributed by atoms with Gasteiger partial charge in [0, 0.05) is 32.9 Å². The molecule has 0 bridgehead atoms. The van der Waals surface area contributed by atoms with Crippen LogP contribution in [0.3, 0.4) is 0 Å². The lowest BCUT2D eigenvalue weighted by Crippen LogP contribution is -2.04. The number of hydrogen-bond donors (Lipinski definition) is 0. The molecule has 0 amide bonds. The molecule has 11 rings (SSSR count). The second-order valence-corrected chi connectivity index (χ2v) is 14.1. The number of hydrogen-bond acceptors (Lipinski definition) is 0. The summed E-state index contributed by atoms with van der Waals surface area (Å²) in [5, 5.41) is 5.14. The zero-order valence-corrected chi connectivity index (χ0v) is 28.6. The molecule has 0 unspecified atom stereocenters. The van der Waals surface area contributed by atoms with Gasteiger partial charge in [-0.3, -0.25) is 0 Å². The Bertz CT molecular complexity index is 2790. The minimum atomic E-state index is 1.04. The Morgan fingerprint density at radius 1 is 0.288 bits per heavy atom. The van der Waals surface area contributed by atoms with Gasteiger partial charge in [-0.1, -0.05) is 121 Å². The van der Waals surface area contributed by atoms with Gasteiger partial charge in [-0.15, -0.1) is 0 Å². The van der Waals surface area contributed by atoms with Gasteiger partial charge in [0.2, 0.25) is 0 Å². The second-order valence-electron chi connectivity index (χ2n) is 14.1. The zero-order valence-electron chi connectivity index (χ0n) is 28.6. The quantitative estimate of drug-likeness (QED) is 0.177. The largest absolute Gasteiger partial charge is 0.309 e. The van der Waals surface area contributed by atoms with E-state index < -0.39 is 0 Å². The fourth-order valence-electron chi connectivity index (χ4n) is 8.77. The van der Waals surface area contributed by atoms with Crippen molar-refractivity contribution in [1.29, 1.82) is 0 Å². The summed E-state index contributed by atoms with van der Waals surface area (Å²) in [4.78, 5) is 0. The SMILES string of the molecule is c1ccc(-n2c3ccccc3c3cc(-c4ccc5c(c4)CCc4cc(-c6ccc7c(c6)c6ccccc6n7-c6ccccc6)ccc4-5)ccc32)cc1. The monoisotopic (exact) mass is 662 g/mol. The van der Waals surface area contributed by atoms with Gasteiger partial charge < -0.3 is 9.13 Å². The molecule has 2 heteroatoms. The molecule has 244 valence electrons. The summed E-state index contributed by atoms with van der Waals surface area (Å²) in [5.74, 6) is 0. The van der Waals surface area contributed by atoms with Crippen molar-refractivity contribution in [2.45, 2.75) is 12.8 Å². The summed E-state index contributed by atoms with van der Waals surface area (Å²) in [6.07, 6.45) is 2.08. The van der Waals surface area contributed by atoms with Crippen molar-refractivity contribution in [1.82, 2.24) is 9.13 Å². The number of para-hydroxylation sites is 4. The molecule has 0 aliphatic heterocycles. The van der Waals surface area contributed by atoms with Gasteiger partial charge in [0.25, 0.3) is 0 Å². The van der Waals surface area contributed by atoms with E-state index >= 15 is 0 Å². The van der Waals surface area contributed by atoms with Crippen LogP contribution in [0.5, 0.6) is 0 Å². The molecular formula is C50H34N2. The Morgan fingerprint density at radius 3 is 1.12 bits per heavy atom. The van der Waals surface area contributed by atoms with Crippen LogP contribution in [0.25, 0.3) is 88.4 Å². The van der Waals surface area contributed by atoms with E-state index in [4.69, 9.17) is 0 Å². The highest BCUT2D eigenvalue weighted by atomic mass is 15.0. The van der Waals surface area contributed by atoms with Crippen LogP contribution in [0, 0.1) is 0 Å². The van der Waals surface area contributed by atoms with Crippen LogP contribution in [0.1, 0.15) is 11.1 Å². The van der Waals surface area contributed by atoms with Crippen LogP contribution in [-0.4, -0.2) is 9.13 Å². The maximum Gasteiger partial charge on any atom is 0.0541 e. The van der Waals surface area contributed by atoms with Gasteiger partial charge >= 0.3 is 0 Å². The predicted molar refractivity (Wildman–Crippen MR) is 219 cm³/mol. The molecule has 8 aromatic carbocycles. The van der Waals surface area contributed by atoms with Crippen molar-refractivity contribution in [2.24, 2.45) is 0 Å². The first-order valence-electron chi connectivity index (χ1n) is 18.2. The molecule has 0 fully saturated rings. The smallest absolute Gasteiger partial charge is 0.0541 e. The van der Waals surface area contributed by atoms with Crippen molar-refractivity contribution in [3.05, 3.63) is 193 Å². The fraction of sp³-hybridized carbons (Fsp3) is 0.0400. The predicted octanol–water partition coefficient (Wildman–Crippen LogP) is 13.0. The third-order valence-corrected chi connectivity index (χ3v) is 11.2. The minimum Gasteiger partial charge on any atom is -0.309 e. The van der Waals surface area contributed by atoms with E-state index in [1.165, 1.54) is 99.5 Å². The summed E-state index contributed by atoms with van der Waals surface area (Å²) in [7, 11) is 0. The van der Waals surface area contributed by atoms with Crippen molar-refractivity contribution >= 4 is 43.6 Å². The highest BCUT2D eigenvalue weighted by molar-refractivity contribution is 6.11. The first kappa shape index (κ1) is 29.1. The van der Waals surface area contributed by atoms with Crippen LogP contribution in [-0.2, 0) is 12.8 Å². The third-order valence-electron chi connectivity index (χ3n) is 11.2. The average Bonchev–Trinajstić information content (AvgIpc) is 3.73. The van der Waals surface area contributed by atoms with Crippen molar-refractivity contribution in [3.8, 4) is 44.8 Å². The Kier molecular flexibility index (Phi) is 6.41. The maximum absolute atomic E-state index is 2.43. The van der Waals surface area contributed by atoms with Gasteiger partial charge in [0.15, 0.2) is 0 Å². The normalized spacial score (nSPS) is 12.5. The molecule has 1 aliphatic rings. The molecule has 2 aromatic heterocycles. The summed E-state index contributed by atoms with van der Waals surface area (Å²) in [6, 6.07) is 67.0. The zero-order chi connectivity index (χ0) is 34.2. The Balaban J connectivity index is 0.958. The van der Waals surface area contributed by atoms with E-state index in [9.17, 15) is 0 Å². The van der Waals surface area contributed by atoms with Crippen molar-refractivity contribution in [2.75, 3.05) is 0 Å². The molecular weight excluding hydrogens is 629 g/mol. The van der Waals surface area contributed by atoms with E-state index in [1.54, 1.807) is 0 Å². The minimum absolute atomic E-state index is 1.04. The van der Waals surface area contributed by atoms with Gasteiger partial charge in [0.1, 0.15) is 0 Å². The third kappa shape index (κ3) is 4.44. The number of benzene rings is 8. The molecule has 52 heavy (non-hydrogen) atoms. The standard InChI is InChI=1S/C50H34N2/c1-3-11-39(12-4-1)51-47-17-9-7-15-43(47)45-31-35(23-27-49(45)51)33-21-25-41-37(29-33)19-20-38-30-34(22-26-42(38)41)36-24-28-50-46(32-36)44-16-8-10-18-48(44)52(50)40-13-5-2-6-14-40/h1-18,21-32H,19-20H2. The van der Waals surface area contributed by atoms with E-state index in [-0.39, 0.29) is 0 Å². The first-order chi connectivity index (χ1) is 25.8. The van der Waals surface area contributed by atoms with E-state index in [0.717, 1.165) is 12.8 Å². The van der Waals surface area contributed by atoms with Crippen LogP contribution in [0.15, 0.2) is 182 Å². The number of rotatable bonds is 4. The second kappa shape index (κ2) is 11.4. The summed E-state index contributed by atoms with van der Waals surface area (Å²) < 4.78 is 4.76. The van der Waals surface area contributed by atoms with Gasteiger partial charge in [-0.25, -0.2) is 0 Å². The lowest BCUT2D eigenvalue weighted by molar-refractivity contribution is 0.943. The highest BCUT2D eigenvalue weighted by Gasteiger charge is 2.20. The molecule has 0 N–H and O–H groups in total. The lowest BCUT2D eigenvalue weighted by Gasteiger charge is -2.22. The summed E-state index contributed by atoms with van der Waals surface area (Å²) in [6.45, 7) is 0. The average molecular weight is 663 g/mol. The first-order valence-corrected chi connectivity index (χ1v) is 18.2. The van der Waals surface area contributed by atoms with Gasteiger partial charge in [-0.2, -0.15) is 0 Å². The van der Waals surface area contributed by atoms with E-state index in [1.807, 2.05) is 0 Å². The molecule has 1 aliphatic carbocycles. The maximum atomic E-state index is 2.43. The topological polar surface area (TPSA) is 9.86 Å². The van der Waals surface area contributed by atoms with Gasteiger partial charge in [0.05, 0.1) is 22.1 Å². The molecule has 0 saturated heterocycles. The molecule has 0 saturated carbocycles. The van der Waals surface area contributed by atoms with Crippen LogP contribution in [0.2, 0.25) is 0 Å². The van der Waals surface area contributed by atoms with Crippen molar-refractivity contribution < 1.29 is 0 Å². The lowest BCUT2D eigenvalue weighted by atomic mass is 9.83. The van der Waals surface area contributed by atoms with Crippen LogP contribution >= 0.6 is 0 Å². The molecule has 0 atom stereocenters. The molecule has 2 nitrogen and oxygen atoms in total. The summed E-state index contributed by atoms with van der Waals surface area (Å²) in [5.41, 5.74) is 18.0. The number of aryl methyl sites for hydroxylation is 2. The van der Waals surface area contributed by atoms with Crippen molar-refractivity contribution in [3.63, 3.8) is 0 Å². The Morgan fingerprint density at radius 2 is 0.654 bits per heavy atom. The Hall–Kier alpha value is -6.64. The number of aromatic nitrogens is 2. The van der Waals surface area contributed by atoms with Gasteiger partial charge in [-0.05, 0) is 118 Å². The number of fused-ring (bicyclic) bond motifs is 9. The molecule has 0 radical (unpaired) electrons.